The molecule has 2 fully saturated rings. The Hall–Kier alpha value is -0.840. The Morgan fingerprint density at radius 2 is 2.20 bits per heavy atom. The number of nitrogens with zero attached hydrogens (tertiary/aromatic N) is 3. The predicted molar refractivity (Wildman–Crippen MR) is 76.8 cm³/mol. The summed E-state index contributed by atoms with van der Waals surface area (Å²) in [7, 11) is 0. The molecule has 0 spiro atoms. The molecular weight excluding hydrogens is 279 g/mol. The first kappa shape index (κ1) is 15.5. The topological polar surface area (TPSA) is 59.4 Å². The van der Waals surface area contributed by atoms with E-state index in [1.165, 1.54) is 4.90 Å². The third-order valence-corrected chi connectivity index (χ3v) is 4.63. The van der Waals surface area contributed by atoms with Crippen LogP contribution in [0.4, 0.5) is 4.39 Å². The average molecular weight is 300 g/mol. The van der Waals surface area contributed by atoms with Crippen LogP contribution in [0, 0.1) is 11.3 Å². The lowest BCUT2D eigenvalue weighted by Gasteiger charge is -2.38. The summed E-state index contributed by atoms with van der Waals surface area (Å²) in [4.78, 5) is 13.5. The van der Waals surface area contributed by atoms with Crippen molar-refractivity contribution in [3.8, 4) is 6.07 Å². The first-order chi connectivity index (χ1) is 9.43. The molecule has 1 amide bonds. The second kappa shape index (κ2) is 6.29. The molecule has 112 valence electrons. The maximum Gasteiger partial charge on any atom is 0.237 e. The van der Waals surface area contributed by atoms with Crippen molar-refractivity contribution in [3.05, 3.63) is 0 Å². The van der Waals surface area contributed by atoms with Gasteiger partial charge < -0.3 is 10.2 Å². The van der Waals surface area contributed by atoms with E-state index in [-0.39, 0.29) is 31.0 Å². The van der Waals surface area contributed by atoms with Gasteiger partial charge in [-0.2, -0.15) is 5.26 Å². The molecule has 2 heterocycles. The van der Waals surface area contributed by atoms with Crippen molar-refractivity contribution in [1.29, 1.82) is 5.26 Å². The smallest absolute Gasteiger partial charge is 0.237 e. The highest BCUT2D eigenvalue weighted by Gasteiger charge is 2.36. The van der Waals surface area contributed by atoms with E-state index in [4.69, 9.17) is 5.26 Å². The Balaban J connectivity index is 1.85. The van der Waals surface area contributed by atoms with Crippen molar-refractivity contribution in [2.75, 3.05) is 26.2 Å². The van der Waals surface area contributed by atoms with E-state index in [1.807, 2.05) is 10.4 Å². The lowest BCUT2D eigenvalue weighted by Crippen LogP contribution is -2.53. The van der Waals surface area contributed by atoms with Crippen LogP contribution in [0.5, 0.6) is 0 Å². The van der Waals surface area contributed by atoms with Crippen molar-refractivity contribution in [3.63, 3.8) is 0 Å². The normalized spacial score (nSPS) is 30.2. The van der Waals surface area contributed by atoms with E-state index in [9.17, 15) is 9.18 Å². The van der Waals surface area contributed by atoms with E-state index in [0.717, 1.165) is 25.9 Å². The Morgan fingerprint density at radius 1 is 1.55 bits per heavy atom. The molecule has 2 saturated heterocycles. The molecule has 2 aliphatic rings. The number of hydrogen-bond donors (Lipinski definition) is 2. The number of likely N-dealkylation sites (tertiary alicyclic amines) is 1. The van der Waals surface area contributed by atoms with Gasteiger partial charge in [0, 0.05) is 25.0 Å². The number of hydrogen-bond acceptors (Lipinski definition) is 5. The Kier molecular flexibility index (Phi) is 4.89. The molecule has 2 rings (SSSR count). The van der Waals surface area contributed by atoms with Crippen LogP contribution in [0.1, 0.15) is 26.2 Å². The summed E-state index contributed by atoms with van der Waals surface area (Å²) >= 11 is 4.31. The minimum Gasteiger partial charge on any atom is -0.323 e. The van der Waals surface area contributed by atoms with E-state index in [0.29, 0.717) is 0 Å². The van der Waals surface area contributed by atoms with Crippen LogP contribution in [-0.4, -0.2) is 59.0 Å². The van der Waals surface area contributed by atoms with E-state index >= 15 is 0 Å². The second-order valence-electron chi connectivity index (χ2n) is 5.89. The Labute approximate surface area is 124 Å². The standard InChI is InChI=1S/C13H21FN4OS/c1-13(2-4-17(20)5-3-13)16-8-12(19)18-9-10(14)6-11(18)7-15/h10-11,16,20H,2-6,8-9H2,1H3. The number of alkyl halides is 1. The van der Waals surface area contributed by atoms with E-state index in [2.05, 4.69) is 25.1 Å². The largest absolute Gasteiger partial charge is 0.323 e. The molecule has 2 aliphatic heterocycles. The van der Waals surface area contributed by atoms with Crippen LogP contribution in [-0.2, 0) is 4.79 Å². The second-order valence-corrected chi connectivity index (χ2v) is 6.46. The number of rotatable bonds is 3. The van der Waals surface area contributed by atoms with Gasteiger partial charge >= 0.3 is 0 Å². The number of piperidine rings is 1. The highest BCUT2D eigenvalue weighted by Crippen LogP contribution is 2.23. The molecule has 0 aliphatic carbocycles. The first-order valence-electron chi connectivity index (χ1n) is 6.95. The molecular formula is C13H21FN4OS. The zero-order valence-electron chi connectivity index (χ0n) is 11.7. The summed E-state index contributed by atoms with van der Waals surface area (Å²) in [6.07, 6.45) is 0.884. The molecule has 2 atom stereocenters. The van der Waals surface area contributed by atoms with Crippen molar-refractivity contribution >= 4 is 18.7 Å². The zero-order chi connectivity index (χ0) is 14.8. The quantitative estimate of drug-likeness (QED) is 0.755. The van der Waals surface area contributed by atoms with Gasteiger partial charge in [-0.05, 0) is 19.8 Å². The Bertz CT molecular complexity index is 406. The molecule has 0 bridgehead atoms. The maximum atomic E-state index is 13.3. The fourth-order valence-electron chi connectivity index (χ4n) is 2.74. The lowest BCUT2D eigenvalue weighted by molar-refractivity contribution is -0.130. The highest BCUT2D eigenvalue weighted by atomic mass is 32.1. The number of carbonyl (C=O) groups is 1. The summed E-state index contributed by atoms with van der Waals surface area (Å²) < 4.78 is 15.3. The summed E-state index contributed by atoms with van der Waals surface area (Å²) in [5.74, 6) is -0.189. The number of halogens is 1. The van der Waals surface area contributed by atoms with Crippen LogP contribution in [0.25, 0.3) is 0 Å². The average Bonchev–Trinajstić information content (AvgIpc) is 2.81. The summed E-state index contributed by atoms with van der Waals surface area (Å²) in [5, 5.41) is 12.2. The molecule has 1 N–H and O–H groups in total. The van der Waals surface area contributed by atoms with Gasteiger partial charge in [0.25, 0.3) is 0 Å². The first-order valence-corrected chi connectivity index (χ1v) is 7.35. The predicted octanol–water partition coefficient (Wildman–Crippen LogP) is 0.738. The van der Waals surface area contributed by atoms with Gasteiger partial charge in [-0.1, -0.05) is 12.8 Å². The van der Waals surface area contributed by atoms with Crippen LogP contribution < -0.4 is 5.32 Å². The van der Waals surface area contributed by atoms with Crippen LogP contribution in [0.2, 0.25) is 0 Å². The monoisotopic (exact) mass is 300 g/mol. The SMILES string of the molecule is CC1(NCC(=O)N2CC(F)CC2C#N)CCN(S)CC1. The number of nitrogens with one attached hydrogen (secondary N) is 1. The number of nitriles is 1. The van der Waals surface area contributed by atoms with Gasteiger partial charge in [-0.15, -0.1) is 0 Å². The molecule has 2 unspecified atom stereocenters. The van der Waals surface area contributed by atoms with Crippen molar-refractivity contribution in [2.24, 2.45) is 0 Å². The molecule has 0 aromatic carbocycles. The molecule has 0 aromatic heterocycles. The maximum absolute atomic E-state index is 13.3. The molecule has 0 aromatic rings. The van der Waals surface area contributed by atoms with Crippen molar-refractivity contribution in [1.82, 2.24) is 14.5 Å². The fourth-order valence-corrected chi connectivity index (χ4v) is 2.94. The van der Waals surface area contributed by atoms with Crippen LogP contribution in [0.3, 0.4) is 0 Å². The van der Waals surface area contributed by atoms with Crippen LogP contribution in [0.15, 0.2) is 0 Å². The molecule has 20 heavy (non-hydrogen) atoms. The molecule has 0 radical (unpaired) electrons. The third kappa shape index (κ3) is 3.62. The number of carbonyl (C=O) groups excluding carboxylic acids is 1. The van der Waals surface area contributed by atoms with Gasteiger partial charge in [-0.25, -0.2) is 4.39 Å². The van der Waals surface area contributed by atoms with Crippen LogP contribution >= 0.6 is 12.8 Å². The summed E-state index contributed by atoms with van der Waals surface area (Å²) in [5.41, 5.74) is -0.0914. The molecule has 7 heteroatoms. The minimum absolute atomic E-state index is 0.0415. The van der Waals surface area contributed by atoms with Gasteiger partial charge in [0.2, 0.25) is 5.91 Å². The minimum atomic E-state index is -1.08. The summed E-state index contributed by atoms with van der Waals surface area (Å²) in [6, 6.07) is 1.38. The number of amides is 1. The van der Waals surface area contributed by atoms with E-state index in [1.54, 1.807) is 0 Å². The van der Waals surface area contributed by atoms with Crippen molar-refractivity contribution in [2.45, 2.75) is 43.9 Å². The van der Waals surface area contributed by atoms with Gasteiger partial charge in [0.1, 0.15) is 12.2 Å². The molecule has 5 nitrogen and oxygen atoms in total. The highest BCUT2D eigenvalue weighted by molar-refractivity contribution is 7.77. The van der Waals surface area contributed by atoms with Crippen molar-refractivity contribution < 1.29 is 9.18 Å². The lowest BCUT2D eigenvalue weighted by atomic mass is 9.90. The number of thiol groups is 1. The van der Waals surface area contributed by atoms with Gasteiger partial charge in [0.15, 0.2) is 0 Å². The zero-order valence-corrected chi connectivity index (χ0v) is 12.6. The fraction of sp³-hybridized carbons (Fsp3) is 0.846. The van der Waals surface area contributed by atoms with E-state index < -0.39 is 12.2 Å². The summed E-state index contributed by atoms with van der Waals surface area (Å²) in [6.45, 7) is 4.04. The van der Waals surface area contributed by atoms with Gasteiger partial charge in [-0.3, -0.25) is 9.10 Å². The molecule has 0 saturated carbocycles. The van der Waals surface area contributed by atoms with Gasteiger partial charge in [0.05, 0.1) is 19.2 Å². The third-order valence-electron chi connectivity index (χ3n) is 4.23. The Morgan fingerprint density at radius 3 is 2.80 bits per heavy atom.